The first-order chi connectivity index (χ1) is 11.4. The lowest BCUT2D eigenvalue weighted by Gasteiger charge is -2.34. The monoisotopic (exact) mass is 345 g/mol. The molecule has 3 heterocycles. The van der Waals surface area contributed by atoms with Gasteiger partial charge in [-0.25, -0.2) is 4.98 Å². The Morgan fingerprint density at radius 2 is 1.96 bits per heavy atom. The van der Waals surface area contributed by atoms with Crippen LogP contribution in [0.15, 0.2) is 24.4 Å². The van der Waals surface area contributed by atoms with Crippen molar-refractivity contribution in [1.29, 1.82) is 0 Å². The maximum Gasteiger partial charge on any atom is 0.228 e. The molecule has 1 aliphatic heterocycles. The molecule has 0 atom stereocenters. The Morgan fingerprint density at radius 3 is 2.54 bits per heavy atom. The van der Waals surface area contributed by atoms with E-state index in [0.717, 1.165) is 42.8 Å². The first kappa shape index (κ1) is 16.8. The van der Waals surface area contributed by atoms with Crippen molar-refractivity contribution >= 4 is 22.6 Å². The Hall–Kier alpha value is -2.02. The van der Waals surface area contributed by atoms with E-state index in [1.807, 2.05) is 23.1 Å². The summed E-state index contributed by atoms with van der Waals surface area (Å²) in [5.74, 6) is 1.03. The average Bonchev–Trinajstić information content (AvgIpc) is 3.06. The number of nitrogens with zero attached hydrogens (tertiary/aromatic N) is 5. The topological polar surface area (TPSA) is 62.2 Å². The van der Waals surface area contributed by atoms with Gasteiger partial charge in [0.15, 0.2) is 0 Å². The van der Waals surface area contributed by atoms with E-state index in [1.165, 1.54) is 11.5 Å². The number of hydrogen-bond donors (Lipinski definition) is 0. The summed E-state index contributed by atoms with van der Waals surface area (Å²) in [6.07, 6.45) is 2.09. The zero-order valence-electron chi connectivity index (χ0n) is 14.4. The minimum atomic E-state index is -0.0325. The van der Waals surface area contributed by atoms with Gasteiger partial charge in [0, 0.05) is 55.0 Å². The van der Waals surface area contributed by atoms with Crippen LogP contribution < -0.4 is 4.90 Å². The molecule has 3 rings (SSSR count). The predicted molar refractivity (Wildman–Crippen MR) is 95.3 cm³/mol. The van der Waals surface area contributed by atoms with Crippen molar-refractivity contribution in [3.05, 3.63) is 35.9 Å². The van der Waals surface area contributed by atoms with E-state index < -0.39 is 0 Å². The van der Waals surface area contributed by atoms with Gasteiger partial charge in [-0.15, -0.1) is 0 Å². The quantitative estimate of drug-likeness (QED) is 0.853. The molecule has 0 aromatic carbocycles. The van der Waals surface area contributed by atoms with Gasteiger partial charge in [-0.1, -0.05) is 26.8 Å². The van der Waals surface area contributed by atoms with Crippen molar-refractivity contribution in [3.8, 4) is 0 Å². The summed E-state index contributed by atoms with van der Waals surface area (Å²) in [4.78, 5) is 25.4. The molecule has 0 N–H and O–H groups in total. The number of amides is 1. The second-order valence-electron chi connectivity index (χ2n) is 7.02. The predicted octanol–water partition coefficient (Wildman–Crippen LogP) is 2.12. The summed E-state index contributed by atoms with van der Waals surface area (Å²) in [6, 6.07) is 5.67. The minimum absolute atomic E-state index is 0.0325. The van der Waals surface area contributed by atoms with Gasteiger partial charge in [-0.3, -0.25) is 9.78 Å². The van der Waals surface area contributed by atoms with Gasteiger partial charge >= 0.3 is 0 Å². The van der Waals surface area contributed by atoms with E-state index in [2.05, 4.69) is 40.0 Å². The highest BCUT2D eigenvalue weighted by Gasteiger charge is 2.25. The molecule has 2 aromatic rings. The van der Waals surface area contributed by atoms with E-state index in [-0.39, 0.29) is 11.3 Å². The SMILES string of the molecule is CC(C)(C)c1nsc(N2CCN(C(=O)Cc3ccccn3)CC2)n1. The van der Waals surface area contributed by atoms with Crippen LogP contribution in [0.5, 0.6) is 0 Å². The van der Waals surface area contributed by atoms with Crippen LogP contribution in [0.25, 0.3) is 0 Å². The fourth-order valence-electron chi connectivity index (χ4n) is 2.57. The molecule has 0 saturated carbocycles. The van der Waals surface area contributed by atoms with E-state index in [4.69, 9.17) is 0 Å². The molecule has 1 aliphatic rings. The Kier molecular flexibility index (Phi) is 4.80. The molecule has 128 valence electrons. The Bertz CT molecular complexity index is 687. The Balaban J connectivity index is 1.56. The summed E-state index contributed by atoms with van der Waals surface area (Å²) in [7, 11) is 0. The van der Waals surface area contributed by atoms with Crippen LogP contribution in [0.4, 0.5) is 5.13 Å². The third-order valence-corrected chi connectivity index (χ3v) is 4.82. The molecule has 24 heavy (non-hydrogen) atoms. The zero-order chi connectivity index (χ0) is 17.2. The summed E-state index contributed by atoms with van der Waals surface area (Å²) in [5, 5.41) is 0.955. The van der Waals surface area contributed by atoms with Gasteiger partial charge < -0.3 is 9.80 Å². The smallest absolute Gasteiger partial charge is 0.228 e. The number of piperazine rings is 1. The van der Waals surface area contributed by atoms with Crippen LogP contribution in [0.2, 0.25) is 0 Å². The number of carbonyl (C=O) groups is 1. The first-order valence-electron chi connectivity index (χ1n) is 8.20. The van der Waals surface area contributed by atoms with Crippen LogP contribution in [-0.2, 0) is 16.6 Å². The standard InChI is InChI=1S/C17H23N5OS/c1-17(2,3)15-19-16(24-20-15)22-10-8-21(9-11-22)14(23)12-13-6-4-5-7-18-13/h4-7H,8-12H2,1-3H3. The van der Waals surface area contributed by atoms with Crippen LogP contribution in [0.3, 0.4) is 0 Å². The molecule has 2 aromatic heterocycles. The zero-order valence-corrected chi connectivity index (χ0v) is 15.2. The average molecular weight is 345 g/mol. The van der Waals surface area contributed by atoms with Gasteiger partial charge in [0.1, 0.15) is 5.82 Å². The summed E-state index contributed by atoms with van der Waals surface area (Å²) < 4.78 is 4.47. The first-order valence-corrected chi connectivity index (χ1v) is 8.97. The van der Waals surface area contributed by atoms with Crippen molar-refractivity contribution in [1.82, 2.24) is 19.2 Å². The van der Waals surface area contributed by atoms with Crippen molar-refractivity contribution in [3.63, 3.8) is 0 Å². The molecule has 0 bridgehead atoms. The molecule has 7 heteroatoms. The van der Waals surface area contributed by atoms with Crippen molar-refractivity contribution in [2.45, 2.75) is 32.6 Å². The molecule has 6 nitrogen and oxygen atoms in total. The highest BCUT2D eigenvalue weighted by molar-refractivity contribution is 7.09. The van der Waals surface area contributed by atoms with Crippen molar-refractivity contribution < 1.29 is 4.79 Å². The Morgan fingerprint density at radius 1 is 1.21 bits per heavy atom. The van der Waals surface area contributed by atoms with Crippen molar-refractivity contribution in [2.24, 2.45) is 0 Å². The van der Waals surface area contributed by atoms with Crippen molar-refractivity contribution in [2.75, 3.05) is 31.1 Å². The maximum absolute atomic E-state index is 12.4. The van der Waals surface area contributed by atoms with Gasteiger partial charge in [0.05, 0.1) is 6.42 Å². The molecular weight excluding hydrogens is 322 g/mol. The molecule has 1 fully saturated rings. The van der Waals surface area contributed by atoms with Crippen LogP contribution >= 0.6 is 11.5 Å². The van der Waals surface area contributed by atoms with Crippen LogP contribution in [0.1, 0.15) is 32.3 Å². The fraction of sp³-hybridized carbons (Fsp3) is 0.529. The highest BCUT2D eigenvalue weighted by Crippen LogP contribution is 2.26. The Labute approximate surface area is 146 Å². The maximum atomic E-state index is 12.4. The number of aromatic nitrogens is 3. The molecule has 0 spiro atoms. The van der Waals surface area contributed by atoms with E-state index in [0.29, 0.717) is 6.42 Å². The molecule has 0 aliphatic carbocycles. The number of rotatable bonds is 3. The molecular formula is C17H23N5OS. The molecule has 1 saturated heterocycles. The van der Waals surface area contributed by atoms with Gasteiger partial charge in [0.25, 0.3) is 0 Å². The normalized spacial score (nSPS) is 15.6. The lowest BCUT2D eigenvalue weighted by Crippen LogP contribution is -2.49. The summed E-state index contributed by atoms with van der Waals surface area (Å²) >= 11 is 1.45. The van der Waals surface area contributed by atoms with E-state index in [9.17, 15) is 4.79 Å². The second-order valence-corrected chi connectivity index (χ2v) is 7.75. The lowest BCUT2D eigenvalue weighted by molar-refractivity contribution is -0.130. The third kappa shape index (κ3) is 3.90. The fourth-order valence-corrected chi connectivity index (χ4v) is 3.47. The van der Waals surface area contributed by atoms with Crippen LogP contribution in [0, 0.1) is 0 Å². The summed E-state index contributed by atoms with van der Waals surface area (Å²) in [6.45, 7) is 9.39. The van der Waals surface area contributed by atoms with Gasteiger partial charge in [-0.2, -0.15) is 4.37 Å². The number of anilines is 1. The number of carbonyl (C=O) groups excluding carboxylic acids is 1. The number of hydrogen-bond acceptors (Lipinski definition) is 6. The van der Waals surface area contributed by atoms with E-state index >= 15 is 0 Å². The van der Waals surface area contributed by atoms with E-state index in [1.54, 1.807) is 6.20 Å². The highest BCUT2D eigenvalue weighted by atomic mass is 32.1. The summed E-state index contributed by atoms with van der Waals surface area (Å²) in [5.41, 5.74) is 0.791. The minimum Gasteiger partial charge on any atom is -0.343 e. The molecule has 0 unspecified atom stereocenters. The number of pyridine rings is 1. The van der Waals surface area contributed by atoms with Crippen LogP contribution in [-0.4, -0.2) is 51.3 Å². The lowest BCUT2D eigenvalue weighted by atomic mass is 9.96. The van der Waals surface area contributed by atoms with Gasteiger partial charge in [-0.05, 0) is 12.1 Å². The molecule has 1 amide bonds. The van der Waals surface area contributed by atoms with Gasteiger partial charge in [0.2, 0.25) is 11.0 Å². The second kappa shape index (κ2) is 6.84. The largest absolute Gasteiger partial charge is 0.343 e. The third-order valence-electron chi connectivity index (χ3n) is 4.05. The molecule has 0 radical (unpaired) electrons.